The third kappa shape index (κ3) is 4.45. The molecule has 1 unspecified atom stereocenters. The van der Waals surface area contributed by atoms with Crippen LogP contribution in [0.2, 0.25) is 5.02 Å². The van der Waals surface area contributed by atoms with Gasteiger partial charge in [0.25, 0.3) is 0 Å². The van der Waals surface area contributed by atoms with Gasteiger partial charge in [-0.2, -0.15) is 0 Å². The van der Waals surface area contributed by atoms with E-state index in [0.717, 1.165) is 54.4 Å². The number of rotatable bonds is 5. The van der Waals surface area contributed by atoms with Gasteiger partial charge in [0, 0.05) is 28.8 Å². The van der Waals surface area contributed by atoms with E-state index in [0.29, 0.717) is 6.04 Å². The Morgan fingerprint density at radius 2 is 2.16 bits per heavy atom. The summed E-state index contributed by atoms with van der Waals surface area (Å²) < 4.78 is 6.46. The molecule has 0 bridgehead atoms. The van der Waals surface area contributed by atoms with Gasteiger partial charge in [0.15, 0.2) is 0 Å². The summed E-state index contributed by atoms with van der Waals surface area (Å²) in [4.78, 5) is 0. The van der Waals surface area contributed by atoms with E-state index in [-0.39, 0.29) is 0 Å². The van der Waals surface area contributed by atoms with Crippen molar-refractivity contribution in [2.75, 3.05) is 19.8 Å². The van der Waals surface area contributed by atoms with Gasteiger partial charge in [-0.05, 0) is 49.4 Å². The van der Waals surface area contributed by atoms with Gasteiger partial charge < -0.3 is 10.1 Å². The highest BCUT2D eigenvalue weighted by Gasteiger charge is 2.21. The van der Waals surface area contributed by atoms with Crippen molar-refractivity contribution in [2.24, 2.45) is 5.92 Å². The Morgan fingerprint density at radius 1 is 1.42 bits per heavy atom. The third-order valence-electron chi connectivity index (χ3n) is 3.70. The first-order valence-corrected chi connectivity index (χ1v) is 8.14. The molecule has 0 spiro atoms. The van der Waals surface area contributed by atoms with Crippen molar-refractivity contribution in [3.8, 4) is 0 Å². The zero-order valence-electron chi connectivity index (χ0n) is 11.3. The van der Waals surface area contributed by atoms with Crippen molar-refractivity contribution in [1.29, 1.82) is 0 Å². The fourth-order valence-electron chi connectivity index (χ4n) is 2.67. The van der Waals surface area contributed by atoms with Gasteiger partial charge in [-0.15, -0.1) is 0 Å². The Morgan fingerprint density at radius 3 is 2.79 bits per heavy atom. The zero-order valence-corrected chi connectivity index (χ0v) is 13.6. The Labute approximate surface area is 129 Å². The Kier molecular flexibility index (Phi) is 6.14. The molecule has 1 aromatic carbocycles. The number of nitrogens with one attached hydrogen (secondary N) is 1. The molecule has 1 aliphatic heterocycles. The average molecular weight is 347 g/mol. The number of halogens is 2. The van der Waals surface area contributed by atoms with E-state index in [9.17, 15) is 0 Å². The number of hydrogen-bond donors (Lipinski definition) is 1. The molecule has 1 fully saturated rings. The highest BCUT2D eigenvalue weighted by molar-refractivity contribution is 9.10. The summed E-state index contributed by atoms with van der Waals surface area (Å²) >= 11 is 9.84. The molecular formula is C15H21BrClNO. The summed E-state index contributed by atoms with van der Waals surface area (Å²) in [6.07, 6.45) is 3.46. The molecule has 0 saturated carbocycles. The normalized spacial score (nSPS) is 18.5. The number of benzene rings is 1. The van der Waals surface area contributed by atoms with E-state index >= 15 is 0 Å². The van der Waals surface area contributed by atoms with Gasteiger partial charge >= 0.3 is 0 Å². The minimum absolute atomic E-state index is 0.341. The smallest absolute Gasteiger partial charge is 0.0468 e. The fraction of sp³-hybridized carbons (Fsp3) is 0.600. The van der Waals surface area contributed by atoms with Crippen LogP contribution in [0.5, 0.6) is 0 Å². The highest BCUT2D eigenvalue weighted by atomic mass is 79.9. The summed E-state index contributed by atoms with van der Waals surface area (Å²) in [7, 11) is 0. The van der Waals surface area contributed by atoms with Crippen molar-refractivity contribution in [1.82, 2.24) is 5.32 Å². The highest BCUT2D eigenvalue weighted by Crippen LogP contribution is 2.32. The summed E-state index contributed by atoms with van der Waals surface area (Å²) in [6.45, 7) is 4.90. The van der Waals surface area contributed by atoms with Crippen molar-refractivity contribution in [3.05, 3.63) is 33.3 Å². The molecule has 1 aromatic rings. The lowest BCUT2D eigenvalue weighted by Crippen LogP contribution is -2.26. The summed E-state index contributed by atoms with van der Waals surface area (Å²) in [5, 5.41) is 4.41. The average Bonchev–Trinajstić information content (AvgIpc) is 2.39. The first-order valence-electron chi connectivity index (χ1n) is 6.96. The summed E-state index contributed by atoms with van der Waals surface area (Å²) in [5.41, 5.74) is 1.21. The van der Waals surface area contributed by atoms with E-state index in [4.69, 9.17) is 16.3 Å². The molecule has 4 heteroatoms. The molecule has 2 nitrogen and oxygen atoms in total. The molecule has 1 saturated heterocycles. The maximum Gasteiger partial charge on any atom is 0.0468 e. The molecule has 1 atom stereocenters. The van der Waals surface area contributed by atoms with E-state index in [2.05, 4.69) is 40.3 Å². The van der Waals surface area contributed by atoms with Crippen LogP contribution in [0.1, 0.15) is 37.8 Å². The molecule has 1 heterocycles. The largest absolute Gasteiger partial charge is 0.381 e. The zero-order chi connectivity index (χ0) is 13.7. The molecule has 0 radical (unpaired) electrons. The van der Waals surface area contributed by atoms with Crippen molar-refractivity contribution in [3.63, 3.8) is 0 Å². The van der Waals surface area contributed by atoms with Crippen LogP contribution in [0.15, 0.2) is 22.7 Å². The minimum atomic E-state index is 0.341. The van der Waals surface area contributed by atoms with Gasteiger partial charge in [-0.25, -0.2) is 0 Å². The minimum Gasteiger partial charge on any atom is -0.381 e. The second kappa shape index (κ2) is 7.63. The predicted molar refractivity (Wildman–Crippen MR) is 83.7 cm³/mol. The predicted octanol–water partition coefficient (Wildman–Crippen LogP) is 4.57. The van der Waals surface area contributed by atoms with Crippen molar-refractivity contribution < 1.29 is 4.74 Å². The summed E-state index contributed by atoms with van der Waals surface area (Å²) in [6, 6.07) is 6.51. The van der Waals surface area contributed by atoms with Crippen molar-refractivity contribution >= 4 is 27.5 Å². The van der Waals surface area contributed by atoms with E-state index < -0.39 is 0 Å². The van der Waals surface area contributed by atoms with Gasteiger partial charge in [0.1, 0.15) is 0 Å². The fourth-order valence-corrected chi connectivity index (χ4v) is 3.47. The lowest BCUT2D eigenvalue weighted by molar-refractivity contribution is 0.0606. The molecule has 106 valence electrons. The third-order valence-corrected chi connectivity index (χ3v) is 4.52. The Hall–Kier alpha value is -0.0900. The van der Waals surface area contributed by atoms with Crippen LogP contribution < -0.4 is 5.32 Å². The van der Waals surface area contributed by atoms with Crippen LogP contribution in [0.25, 0.3) is 0 Å². The van der Waals surface area contributed by atoms with Crippen LogP contribution in [0, 0.1) is 5.92 Å². The topological polar surface area (TPSA) is 21.3 Å². The molecule has 1 aliphatic rings. The number of hydrogen-bond acceptors (Lipinski definition) is 2. The lowest BCUT2D eigenvalue weighted by Gasteiger charge is -2.28. The molecule has 0 amide bonds. The van der Waals surface area contributed by atoms with E-state index in [1.54, 1.807) is 0 Å². The second-order valence-electron chi connectivity index (χ2n) is 5.07. The van der Waals surface area contributed by atoms with Gasteiger partial charge in [0.2, 0.25) is 0 Å². The molecule has 1 N–H and O–H groups in total. The molecule has 19 heavy (non-hydrogen) atoms. The molecule has 2 rings (SSSR count). The Bertz CT molecular complexity index is 407. The lowest BCUT2D eigenvalue weighted by atomic mass is 9.89. The standard InChI is InChI=1S/C15H21BrClNO/c1-2-18-15(9-11-5-7-19-8-6-11)13-4-3-12(16)10-14(13)17/h3-4,10-11,15,18H,2,5-9H2,1H3. The van der Waals surface area contributed by atoms with Crippen LogP contribution in [0.3, 0.4) is 0 Å². The van der Waals surface area contributed by atoms with Gasteiger partial charge in [-0.3, -0.25) is 0 Å². The second-order valence-corrected chi connectivity index (χ2v) is 6.39. The van der Waals surface area contributed by atoms with E-state index in [1.165, 1.54) is 5.56 Å². The van der Waals surface area contributed by atoms with Gasteiger partial charge in [-0.1, -0.05) is 40.5 Å². The summed E-state index contributed by atoms with van der Waals surface area (Å²) in [5.74, 6) is 0.734. The maximum atomic E-state index is 6.38. The quantitative estimate of drug-likeness (QED) is 0.843. The molecular weight excluding hydrogens is 326 g/mol. The first-order chi connectivity index (χ1) is 9.20. The molecule has 0 aliphatic carbocycles. The van der Waals surface area contributed by atoms with E-state index in [1.807, 2.05) is 6.07 Å². The monoisotopic (exact) mass is 345 g/mol. The Balaban J connectivity index is 2.09. The first kappa shape index (κ1) is 15.3. The van der Waals surface area contributed by atoms with Crippen LogP contribution in [-0.2, 0) is 4.74 Å². The maximum absolute atomic E-state index is 6.38. The van der Waals surface area contributed by atoms with Gasteiger partial charge in [0.05, 0.1) is 0 Å². The molecule has 0 aromatic heterocycles. The number of ether oxygens (including phenoxy) is 1. The van der Waals surface area contributed by atoms with Crippen molar-refractivity contribution in [2.45, 2.75) is 32.2 Å². The van der Waals surface area contributed by atoms with Crippen LogP contribution >= 0.6 is 27.5 Å². The van der Waals surface area contributed by atoms with Crippen LogP contribution in [0.4, 0.5) is 0 Å². The SMILES string of the molecule is CCNC(CC1CCOCC1)c1ccc(Br)cc1Cl. The van der Waals surface area contributed by atoms with Crippen LogP contribution in [-0.4, -0.2) is 19.8 Å².